The highest BCUT2D eigenvalue weighted by Gasteiger charge is 2.16. The molecule has 2 aromatic carbocycles. The number of ether oxygens (including phenoxy) is 2. The Bertz CT molecular complexity index is 991. The number of carbonyl (C=O) groups excluding carboxylic acids is 2. The summed E-state index contributed by atoms with van der Waals surface area (Å²) in [5.74, 6) is -0.0156. The van der Waals surface area contributed by atoms with Gasteiger partial charge in [0, 0.05) is 23.9 Å². The average Bonchev–Trinajstić information content (AvgIpc) is 3.41. The standard InChI is InChI=1S/C22H23N3O4/c26-21(14-25-12-11-16-4-1-2-6-20(16)25)23-24-22(27)17-7-9-18(10-8-17)29-15-19-5-3-13-28-19/h1-2,4,6-12,19H,3,5,13-15H2,(H,23,26)(H,24,27)/t19-/m1/s1. The van der Waals surface area contributed by atoms with Crippen LogP contribution in [0.1, 0.15) is 23.2 Å². The van der Waals surface area contributed by atoms with Gasteiger partial charge >= 0.3 is 0 Å². The lowest BCUT2D eigenvalue weighted by atomic mass is 10.2. The summed E-state index contributed by atoms with van der Waals surface area (Å²) in [5, 5.41) is 1.06. The quantitative estimate of drug-likeness (QED) is 0.631. The van der Waals surface area contributed by atoms with Crippen molar-refractivity contribution in [1.82, 2.24) is 15.4 Å². The Balaban J connectivity index is 1.26. The number of nitrogens with one attached hydrogen (secondary N) is 2. The molecule has 0 aliphatic carbocycles. The van der Waals surface area contributed by atoms with E-state index < -0.39 is 0 Å². The molecule has 2 N–H and O–H groups in total. The number of amides is 2. The van der Waals surface area contributed by atoms with E-state index >= 15 is 0 Å². The second-order valence-corrected chi connectivity index (χ2v) is 6.98. The molecular formula is C22H23N3O4. The minimum Gasteiger partial charge on any atom is -0.491 e. The maximum atomic E-state index is 12.2. The molecule has 3 aromatic rings. The van der Waals surface area contributed by atoms with Crippen molar-refractivity contribution >= 4 is 22.7 Å². The second-order valence-electron chi connectivity index (χ2n) is 6.98. The van der Waals surface area contributed by atoms with Crippen LogP contribution in [0.4, 0.5) is 0 Å². The minimum atomic E-state index is -0.388. The number of nitrogens with zero attached hydrogens (tertiary/aromatic N) is 1. The fourth-order valence-corrected chi connectivity index (χ4v) is 3.34. The number of para-hydroxylation sites is 1. The van der Waals surface area contributed by atoms with Crippen molar-refractivity contribution in [3.05, 3.63) is 66.4 Å². The third-order valence-electron chi connectivity index (χ3n) is 4.89. The molecule has 1 aliphatic rings. The van der Waals surface area contributed by atoms with E-state index in [0.717, 1.165) is 30.4 Å². The second kappa shape index (κ2) is 8.79. The van der Waals surface area contributed by atoms with Gasteiger partial charge in [-0.15, -0.1) is 0 Å². The molecule has 0 bridgehead atoms. The first-order valence-electron chi connectivity index (χ1n) is 9.66. The van der Waals surface area contributed by atoms with Gasteiger partial charge in [0.05, 0.1) is 6.10 Å². The van der Waals surface area contributed by atoms with Gasteiger partial charge in [-0.25, -0.2) is 0 Å². The summed E-state index contributed by atoms with van der Waals surface area (Å²) in [6.07, 6.45) is 4.07. The molecule has 7 nitrogen and oxygen atoms in total. The maximum absolute atomic E-state index is 12.2. The monoisotopic (exact) mass is 393 g/mol. The van der Waals surface area contributed by atoms with Crippen LogP contribution in [-0.4, -0.2) is 35.7 Å². The molecule has 0 spiro atoms. The molecule has 1 aromatic heterocycles. The Kier molecular flexibility index (Phi) is 5.76. The number of aromatic nitrogens is 1. The number of fused-ring (bicyclic) bond motifs is 1. The Labute approximate surface area is 168 Å². The first kappa shape index (κ1) is 19.0. The molecule has 2 amide bonds. The number of hydrogen-bond acceptors (Lipinski definition) is 4. The average molecular weight is 393 g/mol. The summed E-state index contributed by atoms with van der Waals surface area (Å²) in [7, 11) is 0. The summed E-state index contributed by atoms with van der Waals surface area (Å²) in [6.45, 7) is 1.42. The zero-order chi connectivity index (χ0) is 20.1. The lowest BCUT2D eigenvalue weighted by molar-refractivity contribution is -0.122. The van der Waals surface area contributed by atoms with E-state index in [1.165, 1.54) is 0 Å². The van der Waals surface area contributed by atoms with Gasteiger partial charge in [0.1, 0.15) is 18.9 Å². The van der Waals surface area contributed by atoms with E-state index in [1.54, 1.807) is 24.3 Å². The van der Waals surface area contributed by atoms with Crippen molar-refractivity contribution in [2.24, 2.45) is 0 Å². The lowest BCUT2D eigenvalue weighted by Crippen LogP contribution is -2.43. The molecule has 29 heavy (non-hydrogen) atoms. The molecule has 1 fully saturated rings. The zero-order valence-corrected chi connectivity index (χ0v) is 16.0. The van der Waals surface area contributed by atoms with Crippen LogP contribution in [0.2, 0.25) is 0 Å². The number of hydrazine groups is 1. The molecule has 1 atom stereocenters. The van der Waals surface area contributed by atoms with Crippen molar-refractivity contribution in [1.29, 1.82) is 0 Å². The number of rotatable bonds is 6. The molecule has 4 rings (SSSR count). The molecule has 150 valence electrons. The summed E-state index contributed by atoms with van der Waals surface area (Å²) in [5.41, 5.74) is 6.29. The van der Waals surface area contributed by atoms with Gasteiger partial charge in [0.25, 0.3) is 11.8 Å². The minimum absolute atomic E-state index is 0.115. The number of hydrogen-bond donors (Lipinski definition) is 2. The van der Waals surface area contributed by atoms with Crippen LogP contribution in [0.25, 0.3) is 10.9 Å². The SMILES string of the molecule is O=C(Cn1ccc2ccccc21)NNC(=O)c1ccc(OC[C@H]2CCCO2)cc1. The maximum Gasteiger partial charge on any atom is 0.269 e. The molecule has 0 radical (unpaired) electrons. The van der Waals surface area contributed by atoms with Crippen molar-refractivity contribution in [2.45, 2.75) is 25.5 Å². The molecule has 0 saturated carbocycles. The van der Waals surface area contributed by atoms with E-state index in [1.807, 2.05) is 41.1 Å². The predicted octanol–water partition coefficient (Wildman–Crippen LogP) is 2.66. The highest BCUT2D eigenvalue weighted by molar-refractivity contribution is 5.95. The van der Waals surface area contributed by atoms with Crippen molar-refractivity contribution < 1.29 is 19.1 Å². The van der Waals surface area contributed by atoms with Crippen molar-refractivity contribution in [3.8, 4) is 5.75 Å². The Hall–Kier alpha value is -3.32. The molecule has 2 heterocycles. The van der Waals surface area contributed by atoms with Crippen molar-refractivity contribution in [2.75, 3.05) is 13.2 Å². The third kappa shape index (κ3) is 4.75. The van der Waals surface area contributed by atoms with E-state index in [2.05, 4.69) is 10.9 Å². The summed E-state index contributed by atoms with van der Waals surface area (Å²) in [4.78, 5) is 24.4. The van der Waals surface area contributed by atoms with Crippen LogP contribution in [0.3, 0.4) is 0 Å². The van der Waals surface area contributed by atoms with E-state index in [4.69, 9.17) is 9.47 Å². The van der Waals surface area contributed by atoms with E-state index in [-0.39, 0.29) is 24.5 Å². The fourth-order valence-electron chi connectivity index (χ4n) is 3.34. The largest absolute Gasteiger partial charge is 0.491 e. The van der Waals surface area contributed by atoms with Crippen LogP contribution in [0.5, 0.6) is 5.75 Å². The lowest BCUT2D eigenvalue weighted by Gasteiger charge is -2.12. The van der Waals surface area contributed by atoms with Gasteiger partial charge in [0.2, 0.25) is 0 Å². The summed E-state index contributed by atoms with van der Waals surface area (Å²) in [6, 6.07) is 16.5. The molecule has 7 heteroatoms. The van der Waals surface area contributed by atoms with Crippen LogP contribution < -0.4 is 15.6 Å². The molecular weight excluding hydrogens is 370 g/mol. The molecule has 0 unspecified atom stereocenters. The van der Waals surface area contributed by atoms with Gasteiger partial charge in [-0.3, -0.25) is 20.4 Å². The van der Waals surface area contributed by atoms with Crippen LogP contribution in [0.15, 0.2) is 60.8 Å². The normalized spacial score (nSPS) is 15.9. The highest BCUT2D eigenvalue weighted by Crippen LogP contribution is 2.17. The Morgan fingerprint density at radius 3 is 2.69 bits per heavy atom. The predicted molar refractivity (Wildman–Crippen MR) is 108 cm³/mol. The number of carbonyl (C=O) groups is 2. The van der Waals surface area contributed by atoms with Gasteiger partial charge in [-0.1, -0.05) is 18.2 Å². The third-order valence-corrected chi connectivity index (χ3v) is 4.89. The van der Waals surface area contributed by atoms with Gasteiger partial charge in [0.15, 0.2) is 0 Å². The van der Waals surface area contributed by atoms with Crippen LogP contribution >= 0.6 is 0 Å². The molecule has 1 aliphatic heterocycles. The van der Waals surface area contributed by atoms with Gasteiger partial charge < -0.3 is 14.0 Å². The fraction of sp³-hybridized carbons (Fsp3) is 0.273. The topological polar surface area (TPSA) is 81.6 Å². The number of benzene rings is 2. The van der Waals surface area contributed by atoms with Crippen LogP contribution in [0, 0.1) is 0 Å². The highest BCUT2D eigenvalue weighted by atomic mass is 16.5. The first-order valence-corrected chi connectivity index (χ1v) is 9.66. The van der Waals surface area contributed by atoms with E-state index in [9.17, 15) is 9.59 Å². The Morgan fingerprint density at radius 2 is 1.90 bits per heavy atom. The Morgan fingerprint density at radius 1 is 1.07 bits per heavy atom. The first-order chi connectivity index (χ1) is 14.2. The zero-order valence-electron chi connectivity index (χ0n) is 16.0. The molecule has 1 saturated heterocycles. The van der Waals surface area contributed by atoms with Gasteiger partial charge in [-0.2, -0.15) is 0 Å². The van der Waals surface area contributed by atoms with Gasteiger partial charge in [-0.05, 0) is 54.6 Å². The van der Waals surface area contributed by atoms with E-state index in [0.29, 0.717) is 17.9 Å². The van der Waals surface area contributed by atoms with Crippen molar-refractivity contribution in [3.63, 3.8) is 0 Å². The summed E-state index contributed by atoms with van der Waals surface area (Å²) < 4.78 is 13.0. The van der Waals surface area contributed by atoms with Crippen LogP contribution in [-0.2, 0) is 16.1 Å². The summed E-state index contributed by atoms with van der Waals surface area (Å²) >= 11 is 0. The smallest absolute Gasteiger partial charge is 0.269 e.